The predicted octanol–water partition coefficient (Wildman–Crippen LogP) is 4.62. The first kappa shape index (κ1) is 10.3. The molecular weight excluding hydrogens is 204 g/mol. The van der Waals surface area contributed by atoms with Gasteiger partial charge >= 0.3 is 0 Å². The minimum Gasteiger partial charge on any atom is -0.0837 e. The molecule has 0 aliphatic rings. The van der Waals surface area contributed by atoms with Crippen molar-refractivity contribution in [3.05, 3.63) is 58.6 Å². The van der Waals surface area contributed by atoms with E-state index in [1.807, 2.05) is 25.1 Å². The predicted molar refractivity (Wildman–Crippen MR) is 66.4 cm³/mol. The number of benzene rings is 2. The first-order chi connectivity index (χ1) is 7.20. The maximum atomic E-state index is 6.23. The molecule has 0 aromatic heterocycles. The standard InChI is InChI=1S/C14H13Cl/c1-10-8-9-13(11(2)14(10)15)12-6-4-3-5-7-12/h3-9H,1-2H3. The lowest BCUT2D eigenvalue weighted by Gasteiger charge is -2.09. The van der Waals surface area contributed by atoms with Crippen LogP contribution in [0.4, 0.5) is 0 Å². The van der Waals surface area contributed by atoms with Crippen molar-refractivity contribution in [3.63, 3.8) is 0 Å². The van der Waals surface area contributed by atoms with Crippen LogP contribution < -0.4 is 0 Å². The normalized spacial score (nSPS) is 10.3. The van der Waals surface area contributed by atoms with Crippen molar-refractivity contribution in [2.45, 2.75) is 13.8 Å². The molecule has 0 saturated heterocycles. The van der Waals surface area contributed by atoms with Crippen molar-refractivity contribution in [2.24, 2.45) is 0 Å². The molecule has 0 fully saturated rings. The Balaban J connectivity index is 2.60. The summed E-state index contributed by atoms with van der Waals surface area (Å²) in [5, 5.41) is 0.872. The number of hydrogen-bond donors (Lipinski definition) is 0. The van der Waals surface area contributed by atoms with Gasteiger partial charge in [0.05, 0.1) is 0 Å². The highest BCUT2D eigenvalue weighted by atomic mass is 35.5. The Hall–Kier alpha value is -1.27. The van der Waals surface area contributed by atoms with Crippen LogP contribution >= 0.6 is 11.6 Å². The SMILES string of the molecule is Cc1ccc(-c2ccccc2)c(C)c1Cl. The highest BCUT2D eigenvalue weighted by molar-refractivity contribution is 6.32. The average Bonchev–Trinajstić information content (AvgIpc) is 2.27. The molecule has 0 spiro atoms. The van der Waals surface area contributed by atoms with Gasteiger partial charge in [0.25, 0.3) is 0 Å². The van der Waals surface area contributed by atoms with Crippen molar-refractivity contribution in [2.75, 3.05) is 0 Å². The first-order valence-electron chi connectivity index (χ1n) is 5.01. The first-order valence-corrected chi connectivity index (χ1v) is 5.39. The summed E-state index contributed by atoms with van der Waals surface area (Å²) in [5.74, 6) is 0. The third-order valence-electron chi connectivity index (χ3n) is 2.66. The van der Waals surface area contributed by atoms with E-state index in [1.54, 1.807) is 0 Å². The molecule has 0 unspecified atom stereocenters. The molecule has 0 heterocycles. The summed E-state index contributed by atoms with van der Waals surface area (Å²) >= 11 is 6.23. The van der Waals surface area contributed by atoms with Crippen molar-refractivity contribution in [3.8, 4) is 11.1 Å². The van der Waals surface area contributed by atoms with Crippen LogP contribution in [0.5, 0.6) is 0 Å². The van der Waals surface area contributed by atoms with Gasteiger partial charge in [0, 0.05) is 5.02 Å². The smallest absolute Gasteiger partial charge is 0.0470 e. The third kappa shape index (κ3) is 1.91. The van der Waals surface area contributed by atoms with Crippen molar-refractivity contribution >= 4 is 11.6 Å². The summed E-state index contributed by atoms with van der Waals surface area (Å²) in [6.45, 7) is 4.10. The maximum absolute atomic E-state index is 6.23. The van der Waals surface area contributed by atoms with E-state index in [-0.39, 0.29) is 0 Å². The quantitative estimate of drug-likeness (QED) is 0.652. The van der Waals surface area contributed by atoms with Crippen molar-refractivity contribution in [1.29, 1.82) is 0 Å². The Kier molecular flexibility index (Phi) is 2.79. The van der Waals surface area contributed by atoms with Gasteiger partial charge < -0.3 is 0 Å². The molecule has 76 valence electrons. The molecule has 0 radical (unpaired) electrons. The molecule has 0 nitrogen and oxygen atoms in total. The maximum Gasteiger partial charge on any atom is 0.0470 e. The van der Waals surface area contributed by atoms with Gasteiger partial charge in [-0.2, -0.15) is 0 Å². The van der Waals surface area contributed by atoms with E-state index in [9.17, 15) is 0 Å². The molecule has 0 amide bonds. The van der Waals surface area contributed by atoms with E-state index in [4.69, 9.17) is 11.6 Å². The van der Waals surface area contributed by atoms with E-state index in [0.717, 1.165) is 16.1 Å². The highest BCUT2D eigenvalue weighted by Crippen LogP contribution is 2.30. The topological polar surface area (TPSA) is 0 Å². The van der Waals surface area contributed by atoms with Gasteiger partial charge in [0.1, 0.15) is 0 Å². The third-order valence-corrected chi connectivity index (χ3v) is 3.25. The molecule has 2 aromatic rings. The molecule has 0 aliphatic carbocycles. The van der Waals surface area contributed by atoms with Crippen LogP contribution in [-0.4, -0.2) is 0 Å². The zero-order chi connectivity index (χ0) is 10.8. The second-order valence-electron chi connectivity index (χ2n) is 3.74. The van der Waals surface area contributed by atoms with Crippen LogP contribution in [0.1, 0.15) is 11.1 Å². The van der Waals surface area contributed by atoms with Gasteiger partial charge in [-0.25, -0.2) is 0 Å². The van der Waals surface area contributed by atoms with E-state index in [2.05, 4.69) is 31.2 Å². The fourth-order valence-electron chi connectivity index (χ4n) is 1.75. The zero-order valence-corrected chi connectivity index (χ0v) is 9.68. The Bertz CT molecular complexity index is 472. The van der Waals surface area contributed by atoms with Gasteiger partial charge in [-0.3, -0.25) is 0 Å². The van der Waals surface area contributed by atoms with Gasteiger partial charge in [-0.15, -0.1) is 0 Å². The minimum atomic E-state index is 0.872. The van der Waals surface area contributed by atoms with E-state index in [1.165, 1.54) is 11.1 Å². The lowest BCUT2D eigenvalue weighted by molar-refractivity contribution is 1.38. The zero-order valence-electron chi connectivity index (χ0n) is 8.92. The second-order valence-corrected chi connectivity index (χ2v) is 4.11. The number of rotatable bonds is 1. The second kappa shape index (κ2) is 4.08. The molecule has 2 rings (SSSR count). The van der Waals surface area contributed by atoms with E-state index in [0.29, 0.717) is 0 Å². The van der Waals surface area contributed by atoms with Gasteiger partial charge in [-0.05, 0) is 36.1 Å². The Morgan fingerprint density at radius 3 is 2.20 bits per heavy atom. The Morgan fingerprint density at radius 1 is 0.867 bits per heavy atom. The highest BCUT2D eigenvalue weighted by Gasteiger charge is 2.06. The van der Waals surface area contributed by atoms with Crippen LogP contribution in [0.15, 0.2) is 42.5 Å². The lowest BCUT2D eigenvalue weighted by Crippen LogP contribution is -1.86. The van der Waals surface area contributed by atoms with Crippen LogP contribution in [0.3, 0.4) is 0 Å². The number of halogens is 1. The van der Waals surface area contributed by atoms with E-state index >= 15 is 0 Å². The molecule has 15 heavy (non-hydrogen) atoms. The molecule has 0 saturated carbocycles. The largest absolute Gasteiger partial charge is 0.0837 e. The molecule has 0 atom stereocenters. The fraction of sp³-hybridized carbons (Fsp3) is 0.143. The van der Waals surface area contributed by atoms with Crippen molar-refractivity contribution in [1.82, 2.24) is 0 Å². The molecule has 0 bridgehead atoms. The number of aryl methyl sites for hydroxylation is 1. The summed E-state index contributed by atoms with van der Waals surface area (Å²) in [4.78, 5) is 0. The minimum absolute atomic E-state index is 0.872. The van der Waals surface area contributed by atoms with Crippen LogP contribution in [0.2, 0.25) is 5.02 Å². The lowest BCUT2D eigenvalue weighted by atomic mass is 9.99. The molecule has 0 N–H and O–H groups in total. The summed E-state index contributed by atoms with van der Waals surface area (Å²) in [6.07, 6.45) is 0. The Morgan fingerprint density at radius 2 is 1.53 bits per heavy atom. The van der Waals surface area contributed by atoms with E-state index < -0.39 is 0 Å². The van der Waals surface area contributed by atoms with Crippen LogP contribution in [0, 0.1) is 13.8 Å². The summed E-state index contributed by atoms with van der Waals surface area (Å²) in [6, 6.07) is 14.5. The van der Waals surface area contributed by atoms with Gasteiger partial charge in [0.2, 0.25) is 0 Å². The summed E-state index contributed by atoms with van der Waals surface area (Å²) < 4.78 is 0. The molecule has 2 aromatic carbocycles. The molecule has 0 aliphatic heterocycles. The fourth-order valence-corrected chi connectivity index (χ4v) is 1.92. The molecular formula is C14H13Cl. The summed E-state index contributed by atoms with van der Waals surface area (Å²) in [7, 11) is 0. The average molecular weight is 217 g/mol. The molecule has 1 heteroatoms. The Labute approximate surface area is 95.5 Å². The van der Waals surface area contributed by atoms with Gasteiger partial charge in [0.15, 0.2) is 0 Å². The monoisotopic (exact) mass is 216 g/mol. The summed E-state index contributed by atoms with van der Waals surface area (Å²) in [5.41, 5.74) is 4.72. The van der Waals surface area contributed by atoms with Gasteiger partial charge in [-0.1, -0.05) is 54.1 Å². The van der Waals surface area contributed by atoms with Crippen LogP contribution in [-0.2, 0) is 0 Å². The number of hydrogen-bond acceptors (Lipinski definition) is 0. The van der Waals surface area contributed by atoms with Crippen molar-refractivity contribution < 1.29 is 0 Å². The van der Waals surface area contributed by atoms with Crippen LogP contribution in [0.25, 0.3) is 11.1 Å².